The molecule has 0 bridgehead atoms. The molecule has 0 saturated heterocycles. The van der Waals surface area contributed by atoms with E-state index in [4.69, 9.17) is 4.74 Å². The van der Waals surface area contributed by atoms with E-state index in [-0.39, 0.29) is 10.8 Å². The summed E-state index contributed by atoms with van der Waals surface area (Å²) in [7, 11) is -2.24. The van der Waals surface area contributed by atoms with Crippen LogP contribution < -0.4 is 14.8 Å². The smallest absolute Gasteiger partial charge is 0.262 e. The third-order valence-electron chi connectivity index (χ3n) is 5.75. The molecule has 0 spiro atoms. The fourth-order valence-corrected chi connectivity index (χ4v) is 4.94. The minimum Gasteiger partial charge on any atom is -0.489 e. The van der Waals surface area contributed by atoms with Crippen LogP contribution in [0, 0.1) is 13.8 Å². The molecule has 8 nitrogen and oxygen atoms in total. The van der Waals surface area contributed by atoms with E-state index in [9.17, 15) is 13.2 Å². The zero-order chi connectivity index (χ0) is 25.7. The molecule has 4 rings (SSSR count). The molecule has 2 N–H and O–H groups in total. The number of hydrogen-bond donors (Lipinski definition) is 2. The van der Waals surface area contributed by atoms with E-state index < -0.39 is 10.0 Å². The van der Waals surface area contributed by atoms with Crippen LogP contribution in [0.5, 0.6) is 5.75 Å². The fraction of sp³-hybridized carbons (Fsp3) is 0.185. The summed E-state index contributed by atoms with van der Waals surface area (Å²) in [5.74, 6) is 0.579. The van der Waals surface area contributed by atoms with Gasteiger partial charge in [-0.05, 0) is 61.4 Å². The topological polar surface area (TPSA) is 102 Å². The summed E-state index contributed by atoms with van der Waals surface area (Å²) < 4.78 is 36.3. The van der Waals surface area contributed by atoms with Crippen molar-refractivity contribution in [3.63, 3.8) is 0 Å². The maximum absolute atomic E-state index is 13.1. The summed E-state index contributed by atoms with van der Waals surface area (Å²) in [5.41, 5.74) is 3.96. The van der Waals surface area contributed by atoms with Crippen LogP contribution in [0.4, 0.5) is 5.69 Å². The summed E-state index contributed by atoms with van der Waals surface area (Å²) >= 11 is 0. The first-order chi connectivity index (χ1) is 17.3. The number of carbonyl (C=O) groups excluding carboxylic acids is 1. The molecular weight excluding hydrogens is 476 g/mol. The Labute approximate surface area is 211 Å². The fourth-order valence-electron chi connectivity index (χ4n) is 3.77. The lowest BCUT2D eigenvalue weighted by Crippen LogP contribution is -2.18. The van der Waals surface area contributed by atoms with Crippen LogP contribution >= 0.6 is 0 Å². The number of anilines is 1. The number of hydrogen-bond acceptors (Lipinski definition) is 5. The molecule has 4 aromatic rings. The van der Waals surface area contributed by atoms with Crippen molar-refractivity contribution >= 4 is 21.6 Å². The Balaban J connectivity index is 1.47. The molecule has 0 unspecified atom stereocenters. The number of para-hydroxylation sites is 1. The Kier molecular flexibility index (Phi) is 7.40. The van der Waals surface area contributed by atoms with Crippen molar-refractivity contribution in [2.24, 2.45) is 0 Å². The van der Waals surface area contributed by atoms with E-state index in [2.05, 4.69) is 15.1 Å². The van der Waals surface area contributed by atoms with Gasteiger partial charge in [-0.25, -0.2) is 8.42 Å². The van der Waals surface area contributed by atoms with E-state index >= 15 is 0 Å². The highest BCUT2D eigenvalue weighted by Crippen LogP contribution is 2.25. The van der Waals surface area contributed by atoms with Crippen LogP contribution in [0.1, 0.15) is 32.9 Å². The maximum atomic E-state index is 13.1. The van der Waals surface area contributed by atoms with Crippen LogP contribution in [0.2, 0.25) is 0 Å². The second kappa shape index (κ2) is 10.7. The molecule has 0 saturated carbocycles. The van der Waals surface area contributed by atoms with Gasteiger partial charge in [-0.1, -0.05) is 42.5 Å². The van der Waals surface area contributed by atoms with Crippen molar-refractivity contribution in [2.75, 3.05) is 11.8 Å². The van der Waals surface area contributed by atoms with Gasteiger partial charge < -0.3 is 10.1 Å². The third kappa shape index (κ3) is 5.75. The molecule has 186 valence electrons. The standard InChI is InChI=1S/C27H28N4O4S/c1-19-26(20(2)31(29-19)17-22-8-7-9-23(16-22)27(32)28-3)30-36(33,34)25-14-12-21(13-15-25)18-35-24-10-5-4-6-11-24/h4-16,30H,17-18H2,1-3H3,(H,28,32). The molecule has 0 aliphatic carbocycles. The Hall–Kier alpha value is -4.11. The number of rotatable bonds is 9. The quantitative estimate of drug-likeness (QED) is 0.354. The highest BCUT2D eigenvalue weighted by Gasteiger charge is 2.20. The predicted molar refractivity (Wildman–Crippen MR) is 139 cm³/mol. The van der Waals surface area contributed by atoms with Gasteiger partial charge in [-0.2, -0.15) is 5.10 Å². The average Bonchev–Trinajstić information content (AvgIpc) is 3.14. The number of aromatic nitrogens is 2. The summed E-state index contributed by atoms with van der Waals surface area (Å²) in [6, 6.07) is 23.3. The van der Waals surface area contributed by atoms with E-state index in [1.807, 2.05) is 49.4 Å². The van der Waals surface area contributed by atoms with Gasteiger partial charge in [0.15, 0.2) is 0 Å². The molecule has 0 aliphatic rings. The third-order valence-corrected chi connectivity index (χ3v) is 7.11. The van der Waals surface area contributed by atoms with Gasteiger partial charge in [0, 0.05) is 12.6 Å². The van der Waals surface area contributed by atoms with Crippen molar-refractivity contribution in [3.05, 3.63) is 107 Å². The molecule has 3 aromatic carbocycles. The molecule has 0 atom stereocenters. The second-order valence-corrected chi connectivity index (χ2v) is 10.0. The molecule has 1 aromatic heterocycles. The minimum absolute atomic E-state index is 0.149. The van der Waals surface area contributed by atoms with E-state index in [1.54, 1.807) is 55.1 Å². The number of benzene rings is 3. The number of nitrogens with zero attached hydrogens (tertiary/aromatic N) is 2. The number of ether oxygens (including phenoxy) is 1. The molecule has 9 heteroatoms. The number of amides is 1. The minimum atomic E-state index is -3.82. The number of aryl methyl sites for hydroxylation is 1. The van der Waals surface area contributed by atoms with Gasteiger partial charge in [0.05, 0.1) is 28.5 Å². The predicted octanol–water partition coefficient (Wildman–Crippen LogP) is 4.29. The Morgan fingerprint density at radius 3 is 2.36 bits per heavy atom. The van der Waals surface area contributed by atoms with Gasteiger partial charge >= 0.3 is 0 Å². The molecular formula is C27H28N4O4S. The monoisotopic (exact) mass is 504 g/mol. The average molecular weight is 505 g/mol. The molecule has 1 amide bonds. The lowest BCUT2D eigenvalue weighted by Gasteiger charge is -2.11. The van der Waals surface area contributed by atoms with Crippen molar-refractivity contribution in [1.29, 1.82) is 0 Å². The van der Waals surface area contributed by atoms with Gasteiger partial charge in [-0.15, -0.1) is 0 Å². The van der Waals surface area contributed by atoms with Gasteiger partial charge in [0.1, 0.15) is 12.4 Å². The second-order valence-electron chi connectivity index (χ2n) is 8.33. The van der Waals surface area contributed by atoms with Gasteiger partial charge in [0.2, 0.25) is 0 Å². The molecule has 0 aliphatic heterocycles. The Bertz CT molecular complexity index is 1460. The lowest BCUT2D eigenvalue weighted by molar-refractivity contribution is 0.0963. The molecule has 0 fully saturated rings. The van der Waals surface area contributed by atoms with Gasteiger partial charge in [0.25, 0.3) is 15.9 Å². The van der Waals surface area contributed by atoms with E-state index in [0.29, 0.717) is 35.8 Å². The van der Waals surface area contributed by atoms with Crippen LogP contribution in [0.15, 0.2) is 83.8 Å². The lowest BCUT2D eigenvalue weighted by atomic mass is 10.1. The van der Waals surface area contributed by atoms with Crippen LogP contribution in [0.3, 0.4) is 0 Å². The summed E-state index contributed by atoms with van der Waals surface area (Å²) in [5, 5.41) is 7.13. The van der Waals surface area contributed by atoms with Crippen molar-refractivity contribution < 1.29 is 17.9 Å². The van der Waals surface area contributed by atoms with Crippen LogP contribution in [-0.2, 0) is 23.2 Å². The van der Waals surface area contributed by atoms with E-state index in [1.165, 1.54) is 0 Å². The van der Waals surface area contributed by atoms with Crippen molar-refractivity contribution in [2.45, 2.75) is 31.9 Å². The van der Waals surface area contributed by atoms with Crippen LogP contribution in [-0.4, -0.2) is 31.2 Å². The number of nitrogens with one attached hydrogen (secondary N) is 2. The normalized spacial score (nSPS) is 11.2. The first-order valence-electron chi connectivity index (χ1n) is 11.4. The molecule has 1 heterocycles. The maximum Gasteiger partial charge on any atom is 0.262 e. The van der Waals surface area contributed by atoms with Crippen molar-refractivity contribution in [3.8, 4) is 5.75 Å². The SMILES string of the molecule is CNC(=O)c1cccc(Cn2nc(C)c(NS(=O)(=O)c3ccc(COc4ccccc4)cc3)c2C)c1. The zero-order valence-corrected chi connectivity index (χ0v) is 21.2. The zero-order valence-electron chi connectivity index (χ0n) is 20.4. The molecule has 36 heavy (non-hydrogen) atoms. The first-order valence-corrected chi connectivity index (χ1v) is 12.9. The van der Waals surface area contributed by atoms with E-state index in [0.717, 1.165) is 16.9 Å². The van der Waals surface area contributed by atoms with Gasteiger partial charge in [-0.3, -0.25) is 14.2 Å². The van der Waals surface area contributed by atoms with Crippen LogP contribution in [0.25, 0.3) is 0 Å². The largest absolute Gasteiger partial charge is 0.489 e. The summed E-state index contributed by atoms with van der Waals surface area (Å²) in [4.78, 5) is 12.1. The first kappa shape index (κ1) is 25.0. The summed E-state index contributed by atoms with van der Waals surface area (Å²) in [6.07, 6.45) is 0. The van der Waals surface area contributed by atoms with Crippen molar-refractivity contribution in [1.82, 2.24) is 15.1 Å². The highest BCUT2D eigenvalue weighted by atomic mass is 32.2. The molecule has 0 radical (unpaired) electrons. The highest BCUT2D eigenvalue weighted by molar-refractivity contribution is 7.92. The number of sulfonamides is 1. The number of carbonyl (C=O) groups is 1. The Morgan fingerprint density at radius 2 is 1.67 bits per heavy atom. The summed E-state index contributed by atoms with van der Waals surface area (Å²) in [6.45, 7) is 4.30. The Morgan fingerprint density at radius 1 is 0.944 bits per heavy atom.